The van der Waals surface area contributed by atoms with Crippen molar-refractivity contribution in [3.05, 3.63) is 47.2 Å². The zero-order valence-electron chi connectivity index (χ0n) is 9.13. The first-order valence-corrected chi connectivity index (χ1v) is 5.25. The van der Waals surface area contributed by atoms with Crippen LogP contribution in [0.15, 0.2) is 24.5 Å². The number of aromatic carboxylic acids is 1. The summed E-state index contributed by atoms with van der Waals surface area (Å²) in [6.07, 6.45) is 4.68. The standard InChI is InChI=1S/C12H11N3O2/c1-13-6-2-3-9-4-5-11-14-7-10(12(16)17)15(11)8-9/h4-5,7-8H,2-3,6H2,(H,16,17). The Morgan fingerprint density at radius 2 is 2.35 bits per heavy atom. The van der Waals surface area contributed by atoms with E-state index >= 15 is 0 Å². The van der Waals surface area contributed by atoms with E-state index in [9.17, 15) is 4.79 Å². The highest BCUT2D eigenvalue weighted by atomic mass is 16.4. The van der Waals surface area contributed by atoms with Gasteiger partial charge in [-0.3, -0.25) is 4.40 Å². The fraction of sp³-hybridized carbons (Fsp3) is 0.250. The Morgan fingerprint density at radius 3 is 3.06 bits per heavy atom. The molecule has 0 radical (unpaired) electrons. The number of hydrogen-bond acceptors (Lipinski definition) is 2. The van der Waals surface area contributed by atoms with Crippen molar-refractivity contribution in [2.24, 2.45) is 0 Å². The van der Waals surface area contributed by atoms with Crippen LogP contribution < -0.4 is 0 Å². The van der Waals surface area contributed by atoms with Crippen LogP contribution in [-0.2, 0) is 6.42 Å². The van der Waals surface area contributed by atoms with Gasteiger partial charge in [-0.05, 0) is 18.1 Å². The van der Waals surface area contributed by atoms with Crippen molar-refractivity contribution < 1.29 is 9.90 Å². The molecule has 0 saturated heterocycles. The van der Waals surface area contributed by atoms with E-state index in [4.69, 9.17) is 11.7 Å². The van der Waals surface area contributed by atoms with Crippen LogP contribution >= 0.6 is 0 Å². The molecule has 5 nitrogen and oxygen atoms in total. The van der Waals surface area contributed by atoms with Crippen molar-refractivity contribution in [1.29, 1.82) is 0 Å². The Balaban J connectivity index is 2.32. The van der Waals surface area contributed by atoms with Crippen LogP contribution in [0.3, 0.4) is 0 Å². The van der Waals surface area contributed by atoms with Gasteiger partial charge in [-0.2, -0.15) is 0 Å². The van der Waals surface area contributed by atoms with Crippen LogP contribution in [0.2, 0.25) is 0 Å². The minimum Gasteiger partial charge on any atom is -0.477 e. The number of nitrogens with zero attached hydrogens (tertiary/aromatic N) is 3. The zero-order chi connectivity index (χ0) is 12.3. The van der Waals surface area contributed by atoms with Crippen molar-refractivity contribution in [1.82, 2.24) is 9.38 Å². The smallest absolute Gasteiger partial charge is 0.354 e. The molecule has 2 rings (SSSR count). The predicted octanol–water partition coefficient (Wildman–Crippen LogP) is 1.88. The van der Waals surface area contributed by atoms with E-state index < -0.39 is 5.97 Å². The van der Waals surface area contributed by atoms with Gasteiger partial charge in [-0.15, -0.1) is 0 Å². The van der Waals surface area contributed by atoms with Crippen molar-refractivity contribution in [2.45, 2.75) is 12.8 Å². The summed E-state index contributed by atoms with van der Waals surface area (Å²) in [7, 11) is 0. The maximum atomic E-state index is 10.9. The number of aryl methyl sites for hydroxylation is 1. The SMILES string of the molecule is [C-]#[N+]CCCc1ccc2ncc(C(=O)O)n2c1. The van der Waals surface area contributed by atoms with Crippen LogP contribution in [0.1, 0.15) is 22.5 Å². The third kappa shape index (κ3) is 2.26. The topological polar surface area (TPSA) is 59.0 Å². The molecule has 17 heavy (non-hydrogen) atoms. The van der Waals surface area contributed by atoms with Crippen LogP contribution in [-0.4, -0.2) is 27.0 Å². The summed E-state index contributed by atoms with van der Waals surface area (Å²) in [6.45, 7) is 7.19. The van der Waals surface area contributed by atoms with Gasteiger partial charge in [0.1, 0.15) is 5.65 Å². The molecule has 1 N–H and O–H groups in total. The van der Waals surface area contributed by atoms with E-state index in [-0.39, 0.29) is 5.69 Å². The first kappa shape index (κ1) is 11.1. The molecular weight excluding hydrogens is 218 g/mol. The van der Waals surface area contributed by atoms with Gasteiger partial charge in [0.05, 0.1) is 6.20 Å². The molecule has 5 heteroatoms. The van der Waals surface area contributed by atoms with Crippen molar-refractivity contribution in [3.8, 4) is 0 Å². The number of carbonyl (C=O) groups is 1. The lowest BCUT2D eigenvalue weighted by Gasteiger charge is -2.01. The van der Waals surface area contributed by atoms with E-state index in [0.29, 0.717) is 12.2 Å². The molecule has 0 aliphatic rings. The minimum atomic E-state index is -0.990. The molecule has 0 bridgehead atoms. The molecule has 0 unspecified atom stereocenters. The molecule has 2 aromatic rings. The molecule has 0 saturated carbocycles. The Morgan fingerprint density at radius 1 is 1.53 bits per heavy atom. The van der Waals surface area contributed by atoms with E-state index in [1.807, 2.05) is 6.07 Å². The summed E-state index contributed by atoms with van der Waals surface area (Å²) in [5, 5.41) is 8.98. The maximum absolute atomic E-state index is 10.9. The summed E-state index contributed by atoms with van der Waals surface area (Å²) in [4.78, 5) is 18.2. The summed E-state index contributed by atoms with van der Waals surface area (Å²) >= 11 is 0. The maximum Gasteiger partial charge on any atom is 0.354 e. The van der Waals surface area contributed by atoms with E-state index in [2.05, 4.69) is 9.83 Å². The normalized spacial score (nSPS) is 10.3. The summed E-state index contributed by atoms with van der Waals surface area (Å²) in [5.74, 6) is -0.990. The van der Waals surface area contributed by atoms with Gasteiger partial charge in [0, 0.05) is 12.6 Å². The Labute approximate surface area is 98.2 Å². The van der Waals surface area contributed by atoms with Gasteiger partial charge in [0.2, 0.25) is 6.54 Å². The fourth-order valence-electron chi connectivity index (χ4n) is 1.69. The Hall–Kier alpha value is -2.35. The van der Waals surface area contributed by atoms with Crippen molar-refractivity contribution >= 4 is 11.6 Å². The number of carboxylic acid groups (broad SMARTS) is 1. The third-order valence-electron chi connectivity index (χ3n) is 2.52. The average molecular weight is 229 g/mol. The average Bonchev–Trinajstić information content (AvgIpc) is 2.72. The second-order valence-corrected chi connectivity index (χ2v) is 3.70. The summed E-state index contributed by atoms with van der Waals surface area (Å²) < 4.78 is 1.56. The zero-order valence-corrected chi connectivity index (χ0v) is 9.13. The summed E-state index contributed by atoms with van der Waals surface area (Å²) in [6, 6.07) is 3.71. The molecule has 2 heterocycles. The van der Waals surface area contributed by atoms with Gasteiger partial charge in [-0.25, -0.2) is 16.4 Å². The molecule has 0 aliphatic heterocycles. The van der Waals surface area contributed by atoms with Gasteiger partial charge < -0.3 is 9.95 Å². The van der Waals surface area contributed by atoms with Crippen LogP contribution in [0, 0.1) is 6.57 Å². The molecule has 0 aliphatic carbocycles. The lowest BCUT2D eigenvalue weighted by atomic mass is 10.1. The van der Waals surface area contributed by atoms with E-state index in [1.54, 1.807) is 16.7 Å². The van der Waals surface area contributed by atoms with Crippen LogP contribution in [0.5, 0.6) is 0 Å². The van der Waals surface area contributed by atoms with Gasteiger partial charge in [-0.1, -0.05) is 6.07 Å². The molecular formula is C12H11N3O2. The molecule has 0 spiro atoms. The Bertz CT molecular complexity index is 595. The number of hydrogen-bond donors (Lipinski definition) is 1. The Kier molecular flexibility index (Phi) is 3.06. The van der Waals surface area contributed by atoms with Gasteiger partial charge >= 0.3 is 5.97 Å². The highest BCUT2D eigenvalue weighted by Crippen LogP contribution is 2.10. The monoisotopic (exact) mass is 229 g/mol. The molecule has 0 atom stereocenters. The highest BCUT2D eigenvalue weighted by molar-refractivity contribution is 5.86. The van der Waals surface area contributed by atoms with Gasteiger partial charge in [0.25, 0.3) is 0 Å². The van der Waals surface area contributed by atoms with Crippen LogP contribution in [0.25, 0.3) is 10.5 Å². The lowest BCUT2D eigenvalue weighted by Crippen LogP contribution is -2.02. The fourth-order valence-corrected chi connectivity index (χ4v) is 1.69. The van der Waals surface area contributed by atoms with Gasteiger partial charge in [0.15, 0.2) is 5.69 Å². The van der Waals surface area contributed by atoms with Crippen LogP contribution in [0.4, 0.5) is 0 Å². The lowest BCUT2D eigenvalue weighted by molar-refractivity contribution is 0.0689. The first-order chi connectivity index (χ1) is 8.22. The number of fused-ring (bicyclic) bond motifs is 1. The number of pyridine rings is 1. The third-order valence-corrected chi connectivity index (χ3v) is 2.52. The number of carboxylic acids is 1. The van der Waals surface area contributed by atoms with Crippen molar-refractivity contribution in [2.75, 3.05) is 6.54 Å². The largest absolute Gasteiger partial charge is 0.477 e. The number of aromatic nitrogens is 2. The quantitative estimate of drug-likeness (QED) is 0.643. The minimum absolute atomic E-state index is 0.159. The molecule has 86 valence electrons. The molecule has 0 fully saturated rings. The highest BCUT2D eigenvalue weighted by Gasteiger charge is 2.10. The summed E-state index contributed by atoms with van der Waals surface area (Å²) in [5.41, 5.74) is 1.80. The number of imidazole rings is 1. The number of rotatable bonds is 4. The van der Waals surface area contributed by atoms with Crippen molar-refractivity contribution in [3.63, 3.8) is 0 Å². The molecule has 0 aromatic carbocycles. The molecule has 0 amide bonds. The molecule has 2 aromatic heterocycles. The van der Waals surface area contributed by atoms with E-state index in [1.165, 1.54) is 6.20 Å². The first-order valence-electron chi connectivity index (χ1n) is 5.25. The predicted molar refractivity (Wildman–Crippen MR) is 61.9 cm³/mol. The van der Waals surface area contributed by atoms with E-state index in [0.717, 1.165) is 18.4 Å². The second-order valence-electron chi connectivity index (χ2n) is 3.70. The second kappa shape index (κ2) is 4.66.